The number of hydrogen-bond acceptors (Lipinski definition) is 4. The van der Waals surface area contributed by atoms with Gasteiger partial charge in [0.05, 0.1) is 6.10 Å². The minimum atomic E-state index is -0.523. The smallest absolute Gasteiger partial charge is 0.220 e. The molecule has 1 atom stereocenters. The Hall–Kier alpha value is -2.15. The van der Waals surface area contributed by atoms with Crippen LogP contribution in [0.2, 0.25) is 0 Å². The second-order valence-electron chi connectivity index (χ2n) is 4.65. The first kappa shape index (κ1) is 16.9. The van der Waals surface area contributed by atoms with Crippen molar-refractivity contribution in [2.75, 3.05) is 7.11 Å². The van der Waals surface area contributed by atoms with E-state index in [0.717, 1.165) is 6.07 Å². The lowest BCUT2D eigenvalue weighted by atomic mass is 10.1. The Balaban J connectivity index is 2.54. The molecule has 0 saturated carbocycles. The molecule has 1 amide bonds. The summed E-state index contributed by atoms with van der Waals surface area (Å²) in [5.41, 5.74) is 5.98. The molecule has 0 heterocycles. The second-order valence-corrected chi connectivity index (χ2v) is 4.65. The van der Waals surface area contributed by atoms with Crippen molar-refractivity contribution >= 4 is 11.7 Å². The topological polar surface area (TPSA) is 96.9 Å². The summed E-state index contributed by atoms with van der Waals surface area (Å²) >= 11 is 0. The van der Waals surface area contributed by atoms with E-state index in [1.165, 1.54) is 12.1 Å². The zero-order valence-electron chi connectivity index (χ0n) is 12.1. The van der Waals surface area contributed by atoms with Gasteiger partial charge in [-0.05, 0) is 19.4 Å². The summed E-state index contributed by atoms with van der Waals surface area (Å²) in [5, 5.41) is 14.0. The van der Waals surface area contributed by atoms with Crippen LogP contribution in [0.25, 0.3) is 0 Å². The average Bonchev–Trinajstić information content (AvgIpc) is 2.50. The summed E-state index contributed by atoms with van der Waals surface area (Å²) in [6, 6.07) is 4.16. The molecule has 0 spiro atoms. The summed E-state index contributed by atoms with van der Waals surface area (Å²) in [6.45, 7) is 1.96. The molecule has 0 aliphatic heterocycles. The molecule has 0 fully saturated rings. The van der Waals surface area contributed by atoms with Gasteiger partial charge in [0.15, 0.2) is 5.84 Å². The summed E-state index contributed by atoms with van der Waals surface area (Å²) < 4.78 is 18.8. The molecule has 0 aliphatic carbocycles. The normalized spacial score (nSPS) is 13.0. The predicted molar refractivity (Wildman–Crippen MR) is 76.5 cm³/mol. The number of rotatable bonds is 7. The number of hydrogen-bond donors (Lipinski definition) is 3. The van der Waals surface area contributed by atoms with Crippen molar-refractivity contribution in [3.05, 3.63) is 35.1 Å². The molecule has 7 heteroatoms. The highest BCUT2D eigenvalue weighted by atomic mass is 19.1. The monoisotopic (exact) mass is 297 g/mol. The van der Waals surface area contributed by atoms with E-state index in [2.05, 4.69) is 10.5 Å². The van der Waals surface area contributed by atoms with E-state index in [4.69, 9.17) is 15.7 Å². The van der Waals surface area contributed by atoms with Crippen LogP contribution in [0.3, 0.4) is 0 Å². The van der Waals surface area contributed by atoms with Crippen LogP contribution < -0.4 is 11.1 Å². The summed E-state index contributed by atoms with van der Waals surface area (Å²) in [4.78, 5) is 11.6. The highest BCUT2D eigenvalue weighted by molar-refractivity contribution is 5.97. The van der Waals surface area contributed by atoms with Crippen LogP contribution in [-0.2, 0) is 16.1 Å². The van der Waals surface area contributed by atoms with E-state index < -0.39 is 5.82 Å². The van der Waals surface area contributed by atoms with Gasteiger partial charge in [0.2, 0.25) is 5.91 Å². The molecule has 0 bridgehead atoms. The molecular weight excluding hydrogens is 277 g/mol. The number of nitrogens with zero attached hydrogens (tertiary/aromatic N) is 1. The Bertz CT molecular complexity index is 520. The number of methoxy groups -OCH3 is 1. The van der Waals surface area contributed by atoms with E-state index >= 15 is 0 Å². The molecule has 1 aromatic carbocycles. The molecule has 1 rings (SSSR count). The average molecular weight is 297 g/mol. The molecule has 6 nitrogen and oxygen atoms in total. The maximum Gasteiger partial charge on any atom is 0.220 e. The third-order valence-electron chi connectivity index (χ3n) is 3.11. The third kappa shape index (κ3) is 5.39. The number of amides is 1. The molecule has 21 heavy (non-hydrogen) atoms. The quantitative estimate of drug-likeness (QED) is 0.306. The first-order valence-corrected chi connectivity index (χ1v) is 6.53. The molecular formula is C14H20FN3O3. The molecule has 0 radical (unpaired) electrons. The second kappa shape index (κ2) is 8.21. The van der Waals surface area contributed by atoms with Crippen molar-refractivity contribution < 1.29 is 19.1 Å². The van der Waals surface area contributed by atoms with Crippen molar-refractivity contribution in [2.45, 2.75) is 32.4 Å². The van der Waals surface area contributed by atoms with Crippen LogP contribution in [0.15, 0.2) is 23.4 Å². The molecule has 1 aromatic rings. The number of amidine groups is 1. The van der Waals surface area contributed by atoms with Crippen LogP contribution in [-0.4, -0.2) is 30.2 Å². The minimum absolute atomic E-state index is 0.00696. The summed E-state index contributed by atoms with van der Waals surface area (Å²) in [7, 11) is 1.58. The highest BCUT2D eigenvalue weighted by Crippen LogP contribution is 2.10. The van der Waals surface area contributed by atoms with Gasteiger partial charge in [0, 0.05) is 31.2 Å². The fourth-order valence-electron chi connectivity index (χ4n) is 1.64. The Morgan fingerprint density at radius 1 is 1.57 bits per heavy atom. The lowest BCUT2D eigenvalue weighted by Gasteiger charge is -2.10. The van der Waals surface area contributed by atoms with Gasteiger partial charge in [-0.3, -0.25) is 4.79 Å². The lowest BCUT2D eigenvalue weighted by molar-refractivity contribution is -0.121. The van der Waals surface area contributed by atoms with E-state index in [-0.39, 0.29) is 30.0 Å². The Morgan fingerprint density at radius 2 is 2.29 bits per heavy atom. The van der Waals surface area contributed by atoms with Crippen molar-refractivity contribution in [2.24, 2.45) is 10.9 Å². The Kier molecular flexibility index (Phi) is 6.61. The van der Waals surface area contributed by atoms with Crippen molar-refractivity contribution in [3.8, 4) is 0 Å². The van der Waals surface area contributed by atoms with Crippen LogP contribution in [0.1, 0.15) is 30.9 Å². The summed E-state index contributed by atoms with van der Waals surface area (Å²) in [5.74, 6) is -0.860. The fourth-order valence-corrected chi connectivity index (χ4v) is 1.64. The Labute approximate surface area is 122 Å². The van der Waals surface area contributed by atoms with Crippen molar-refractivity contribution in [3.63, 3.8) is 0 Å². The van der Waals surface area contributed by atoms with Crippen molar-refractivity contribution in [1.82, 2.24) is 5.32 Å². The maximum absolute atomic E-state index is 13.8. The van der Waals surface area contributed by atoms with Gasteiger partial charge in [0.25, 0.3) is 0 Å². The number of carbonyl (C=O) groups excluding carboxylic acids is 1. The van der Waals surface area contributed by atoms with Crippen LogP contribution in [0.4, 0.5) is 4.39 Å². The number of benzene rings is 1. The Morgan fingerprint density at radius 3 is 2.86 bits per heavy atom. The van der Waals surface area contributed by atoms with Gasteiger partial charge in [-0.2, -0.15) is 0 Å². The number of carbonyl (C=O) groups is 1. The van der Waals surface area contributed by atoms with E-state index in [1.54, 1.807) is 7.11 Å². The van der Waals surface area contributed by atoms with Gasteiger partial charge in [-0.1, -0.05) is 17.3 Å². The molecule has 0 aliphatic rings. The summed E-state index contributed by atoms with van der Waals surface area (Å²) in [6.07, 6.45) is 0.930. The van der Waals surface area contributed by atoms with Crippen LogP contribution in [0, 0.1) is 5.82 Å². The van der Waals surface area contributed by atoms with Gasteiger partial charge in [-0.25, -0.2) is 4.39 Å². The van der Waals surface area contributed by atoms with Crippen LogP contribution in [0.5, 0.6) is 0 Å². The fraction of sp³-hybridized carbons (Fsp3) is 0.429. The largest absolute Gasteiger partial charge is 0.409 e. The number of oxime groups is 1. The zero-order valence-corrected chi connectivity index (χ0v) is 12.1. The van der Waals surface area contributed by atoms with E-state index in [9.17, 15) is 9.18 Å². The zero-order chi connectivity index (χ0) is 15.8. The lowest BCUT2D eigenvalue weighted by Crippen LogP contribution is -2.24. The standard InChI is InChI=1S/C14H20FN3O3/c1-9(21-2)3-6-13(19)17-8-11-5-4-10(7-12(11)15)14(16)18-20/h4-5,7,9,20H,3,6,8H2,1-2H3,(H2,16,18)(H,17,19). The predicted octanol–water partition coefficient (Wildman–Crippen LogP) is 1.35. The number of nitrogens with two attached hydrogens (primary N) is 1. The number of nitrogens with one attached hydrogen (secondary N) is 1. The van der Waals surface area contributed by atoms with E-state index in [1.807, 2.05) is 6.92 Å². The number of halogens is 1. The highest BCUT2D eigenvalue weighted by Gasteiger charge is 2.09. The maximum atomic E-state index is 13.8. The van der Waals surface area contributed by atoms with Crippen LogP contribution >= 0.6 is 0 Å². The van der Waals surface area contributed by atoms with E-state index in [0.29, 0.717) is 18.4 Å². The van der Waals surface area contributed by atoms with Gasteiger partial charge in [-0.15, -0.1) is 0 Å². The molecule has 1 unspecified atom stereocenters. The molecule has 0 saturated heterocycles. The molecule has 116 valence electrons. The van der Waals surface area contributed by atoms with Crippen molar-refractivity contribution in [1.29, 1.82) is 0 Å². The first-order chi connectivity index (χ1) is 9.97. The third-order valence-corrected chi connectivity index (χ3v) is 3.11. The van der Waals surface area contributed by atoms with Gasteiger partial charge >= 0.3 is 0 Å². The molecule has 4 N–H and O–H groups in total. The SMILES string of the molecule is COC(C)CCC(=O)NCc1ccc(/C(N)=N/O)cc1F. The molecule has 0 aromatic heterocycles. The van der Waals surface area contributed by atoms with Gasteiger partial charge < -0.3 is 21.0 Å². The first-order valence-electron chi connectivity index (χ1n) is 6.53. The number of ether oxygens (including phenoxy) is 1. The minimum Gasteiger partial charge on any atom is -0.409 e. The van der Waals surface area contributed by atoms with Gasteiger partial charge in [0.1, 0.15) is 5.82 Å².